The second-order valence-electron chi connectivity index (χ2n) is 5.87. The van der Waals surface area contributed by atoms with Crippen molar-refractivity contribution in [2.45, 2.75) is 13.5 Å². The van der Waals surface area contributed by atoms with E-state index in [-0.39, 0.29) is 0 Å². The van der Waals surface area contributed by atoms with Crippen LogP contribution < -0.4 is 16.0 Å². The molecule has 0 radical (unpaired) electrons. The number of halogens is 1. The molecule has 2 heterocycles. The van der Waals surface area contributed by atoms with Gasteiger partial charge in [-0.3, -0.25) is 4.68 Å². The van der Waals surface area contributed by atoms with Crippen molar-refractivity contribution in [1.29, 1.82) is 0 Å². The molecule has 0 amide bonds. The molecule has 2 aromatic heterocycles. The number of rotatable bonds is 7. The molecule has 9 heteroatoms. The number of hydrogen-bond donors (Lipinski definition) is 3. The molecule has 3 rings (SSSR count). The van der Waals surface area contributed by atoms with Gasteiger partial charge in [0.15, 0.2) is 11.6 Å². The van der Waals surface area contributed by atoms with Crippen molar-refractivity contribution in [2.75, 3.05) is 25.0 Å². The Balaban J connectivity index is 1.55. The summed E-state index contributed by atoms with van der Waals surface area (Å²) >= 11 is 6.19. The van der Waals surface area contributed by atoms with Crippen LogP contribution in [-0.4, -0.2) is 45.3 Å². The van der Waals surface area contributed by atoms with E-state index in [2.05, 4.69) is 36.0 Å². The van der Waals surface area contributed by atoms with Crippen LogP contribution in [0.15, 0.2) is 41.8 Å². The zero-order valence-electron chi connectivity index (χ0n) is 15.4. The smallest absolute Gasteiger partial charge is 0.191 e. The molecule has 0 aliphatic carbocycles. The molecule has 142 valence electrons. The first-order chi connectivity index (χ1) is 13.2. The van der Waals surface area contributed by atoms with Crippen LogP contribution in [0.1, 0.15) is 12.5 Å². The van der Waals surface area contributed by atoms with Crippen LogP contribution in [0.4, 0.5) is 5.82 Å². The minimum atomic E-state index is 0.519. The van der Waals surface area contributed by atoms with Crippen LogP contribution in [0.2, 0.25) is 5.02 Å². The van der Waals surface area contributed by atoms with Crippen LogP contribution in [0.5, 0.6) is 0 Å². The largest absolute Gasteiger partial charge is 0.368 e. The number of hydrogen-bond acceptors (Lipinski definition) is 5. The summed E-state index contributed by atoms with van der Waals surface area (Å²) in [6.45, 7) is 4.69. The van der Waals surface area contributed by atoms with E-state index in [1.807, 2.05) is 38.2 Å². The molecule has 0 saturated carbocycles. The first kappa shape index (κ1) is 18.9. The van der Waals surface area contributed by atoms with E-state index in [1.165, 1.54) is 6.33 Å². The van der Waals surface area contributed by atoms with Gasteiger partial charge in [0.25, 0.3) is 0 Å². The van der Waals surface area contributed by atoms with Crippen LogP contribution >= 0.6 is 11.6 Å². The highest BCUT2D eigenvalue weighted by Gasteiger charge is 2.07. The van der Waals surface area contributed by atoms with E-state index in [1.54, 1.807) is 10.9 Å². The third kappa shape index (κ3) is 4.85. The number of aliphatic imine (C=N–C) groups is 1. The van der Waals surface area contributed by atoms with Gasteiger partial charge in [-0.2, -0.15) is 5.10 Å². The monoisotopic (exact) mass is 386 g/mol. The summed E-state index contributed by atoms with van der Waals surface area (Å²) < 4.78 is 1.73. The van der Waals surface area contributed by atoms with E-state index in [4.69, 9.17) is 11.6 Å². The van der Waals surface area contributed by atoms with Gasteiger partial charge >= 0.3 is 0 Å². The lowest BCUT2D eigenvalue weighted by atomic mass is 10.2. The Morgan fingerprint density at radius 2 is 2.04 bits per heavy atom. The highest BCUT2D eigenvalue weighted by molar-refractivity contribution is 6.31. The third-order valence-corrected chi connectivity index (χ3v) is 4.32. The summed E-state index contributed by atoms with van der Waals surface area (Å²) in [5, 5.41) is 15.7. The molecular weight excluding hydrogens is 364 g/mol. The Labute approximate surface area is 163 Å². The Morgan fingerprint density at radius 3 is 2.85 bits per heavy atom. The number of nitrogens with one attached hydrogen (secondary N) is 3. The number of benzene rings is 1. The summed E-state index contributed by atoms with van der Waals surface area (Å²) in [5.41, 5.74) is 1.80. The lowest BCUT2D eigenvalue weighted by molar-refractivity contribution is 0.785. The highest BCUT2D eigenvalue weighted by atomic mass is 35.5. The van der Waals surface area contributed by atoms with E-state index in [0.717, 1.165) is 39.9 Å². The van der Waals surface area contributed by atoms with Crippen LogP contribution in [0.3, 0.4) is 0 Å². The standard InChI is InChI=1S/C18H23ClN8/c1-3-20-18(23-10-13-6-4-5-7-15(13)19)22-9-8-21-16-14-11-26-27(2)17(14)25-12-24-16/h4-7,11-12H,3,8-10H2,1-2H3,(H2,20,22,23)(H,21,24,25). The quantitative estimate of drug-likeness (QED) is 0.327. The van der Waals surface area contributed by atoms with Gasteiger partial charge in [-0.25, -0.2) is 15.0 Å². The van der Waals surface area contributed by atoms with Crippen LogP contribution in [0, 0.1) is 0 Å². The number of fused-ring (bicyclic) bond motifs is 1. The summed E-state index contributed by atoms with van der Waals surface area (Å²) in [4.78, 5) is 13.1. The Hall–Kier alpha value is -2.87. The molecule has 0 aliphatic rings. The summed E-state index contributed by atoms with van der Waals surface area (Å²) in [5.74, 6) is 1.52. The van der Waals surface area contributed by atoms with Gasteiger partial charge in [0.1, 0.15) is 12.1 Å². The van der Waals surface area contributed by atoms with Crippen molar-refractivity contribution in [1.82, 2.24) is 30.4 Å². The number of aryl methyl sites for hydroxylation is 1. The van der Waals surface area contributed by atoms with Gasteiger partial charge < -0.3 is 16.0 Å². The van der Waals surface area contributed by atoms with E-state index in [0.29, 0.717) is 19.6 Å². The fourth-order valence-electron chi connectivity index (χ4n) is 2.60. The zero-order valence-corrected chi connectivity index (χ0v) is 16.2. The first-order valence-electron chi connectivity index (χ1n) is 8.81. The molecule has 3 aromatic rings. The molecule has 27 heavy (non-hydrogen) atoms. The van der Waals surface area contributed by atoms with Crippen molar-refractivity contribution in [3.63, 3.8) is 0 Å². The van der Waals surface area contributed by atoms with Crippen molar-refractivity contribution in [3.8, 4) is 0 Å². The topological polar surface area (TPSA) is 92.1 Å². The van der Waals surface area contributed by atoms with Crippen molar-refractivity contribution < 1.29 is 0 Å². The average Bonchev–Trinajstić information content (AvgIpc) is 3.06. The highest BCUT2D eigenvalue weighted by Crippen LogP contribution is 2.17. The van der Waals surface area contributed by atoms with Crippen molar-refractivity contribution in [2.24, 2.45) is 12.0 Å². The molecule has 0 unspecified atom stereocenters. The Kier molecular flexibility index (Phi) is 6.43. The molecule has 0 fully saturated rings. The number of anilines is 1. The SMILES string of the molecule is CCNC(=NCc1ccccc1Cl)NCCNc1ncnc2c1cnn2C. The normalized spacial score (nSPS) is 11.6. The molecule has 1 aromatic carbocycles. The predicted octanol–water partition coefficient (Wildman–Crippen LogP) is 2.18. The van der Waals surface area contributed by atoms with Gasteiger partial charge in [-0.15, -0.1) is 0 Å². The average molecular weight is 387 g/mol. The lowest BCUT2D eigenvalue weighted by Gasteiger charge is -2.12. The molecule has 0 bridgehead atoms. The van der Waals surface area contributed by atoms with Crippen molar-refractivity contribution >= 4 is 34.4 Å². The minimum Gasteiger partial charge on any atom is -0.368 e. The van der Waals surface area contributed by atoms with Gasteiger partial charge in [0.05, 0.1) is 18.1 Å². The molecule has 0 atom stereocenters. The fourth-order valence-corrected chi connectivity index (χ4v) is 2.79. The first-order valence-corrected chi connectivity index (χ1v) is 9.19. The second-order valence-corrected chi connectivity index (χ2v) is 6.28. The van der Waals surface area contributed by atoms with E-state index in [9.17, 15) is 0 Å². The van der Waals surface area contributed by atoms with Gasteiger partial charge in [-0.05, 0) is 18.6 Å². The van der Waals surface area contributed by atoms with Crippen molar-refractivity contribution in [3.05, 3.63) is 47.4 Å². The predicted molar refractivity (Wildman–Crippen MR) is 109 cm³/mol. The summed E-state index contributed by atoms with van der Waals surface area (Å²) in [6.07, 6.45) is 3.30. The molecule has 3 N–H and O–H groups in total. The zero-order chi connectivity index (χ0) is 19.1. The Bertz CT molecular complexity index is 921. The maximum absolute atomic E-state index is 6.19. The van der Waals surface area contributed by atoms with E-state index < -0.39 is 0 Å². The van der Waals surface area contributed by atoms with Crippen LogP contribution in [-0.2, 0) is 13.6 Å². The molecule has 0 saturated heterocycles. The lowest BCUT2D eigenvalue weighted by Crippen LogP contribution is -2.39. The maximum atomic E-state index is 6.19. The van der Waals surface area contributed by atoms with E-state index >= 15 is 0 Å². The minimum absolute atomic E-state index is 0.519. The fraction of sp³-hybridized carbons (Fsp3) is 0.333. The summed E-state index contributed by atoms with van der Waals surface area (Å²) in [7, 11) is 1.86. The molecular formula is C18H23ClN8. The maximum Gasteiger partial charge on any atom is 0.191 e. The number of nitrogens with zero attached hydrogens (tertiary/aromatic N) is 5. The second kappa shape index (κ2) is 9.18. The van der Waals surface area contributed by atoms with Gasteiger partial charge in [0.2, 0.25) is 0 Å². The number of aromatic nitrogens is 4. The molecule has 0 spiro atoms. The molecule has 0 aliphatic heterocycles. The van der Waals surface area contributed by atoms with Crippen LogP contribution in [0.25, 0.3) is 11.0 Å². The third-order valence-electron chi connectivity index (χ3n) is 3.95. The molecule has 8 nitrogen and oxygen atoms in total. The Morgan fingerprint density at radius 1 is 1.19 bits per heavy atom. The number of guanidine groups is 1. The van der Waals surface area contributed by atoms with Gasteiger partial charge in [-0.1, -0.05) is 29.8 Å². The van der Waals surface area contributed by atoms with Gasteiger partial charge in [0, 0.05) is 31.7 Å². The summed E-state index contributed by atoms with van der Waals surface area (Å²) in [6, 6.07) is 7.72.